The van der Waals surface area contributed by atoms with Gasteiger partial charge >= 0.3 is 5.97 Å². The highest BCUT2D eigenvalue weighted by Crippen LogP contribution is 2.22. The third-order valence-electron chi connectivity index (χ3n) is 4.02. The molecule has 1 heterocycles. The number of piperidine rings is 1. The van der Waals surface area contributed by atoms with Crippen molar-refractivity contribution < 1.29 is 14.3 Å². The molecule has 0 aliphatic carbocycles. The van der Waals surface area contributed by atoms with E-state index in [9.17, 15) is 9.59 Å². The lowest BCUT2D eigenvalue weighted by Gasteiger charge is -2.32. The smallest absolute Gasteiger partial charge is 0.310 e. The zero-order valence-electron chi connectivity index (χ0n) is 13.0. The summed E-state index contributed by atoms with van der Waals surface area (Å²) in [5.74, 6) is -0.344. The maximum Gasteiger partial charge on any atom is 0.310 e. The lowest BCUT2D eigenvalue weighted by atomic mass is 9.95. The largest absolute Gasteiger partial charge is 0.466 e. The van der Waals surface area contributed by atoms with Crippen molar-refractivity contribution >= 4 is 11.9 Å². The predicted molar refractivity (Wildman–Crippen MR) is 81.2 cm³/mol. The van der Waals surface area contributed by atoms with Crippen molar-refractivity contribution in [3.8, 4) is 0 Å². The van der Waals surface area contributed by atoms with Gasteiger partial charge in [0.1, 0.15) is 0 Å². The number of aryl methyl sites for hydroxylation is 2. The summed E-state index contributed by atoms with van der Waals surface area (Å²) in [6, 6.07) is 5.86. The van der Waals surface area contributed by atoms with Crippen molar-refractivity contribution in [2.75, 3.05) is 19.7 Å². The number of benzene rings is 1. The predicted octanol–water partition coefficient (Wildman–Crippen LogP) is 2.72. The Morgan fingerprint density at radius 1 is 1.29 bits per heavy atom. The maximum absolute atomic E-state index is 12.7. The fraction of sp³-hybridized carbons (Fsp3) is 0.529. The summed E-state index contributed by atoms with van der Waals surface area (Å²) in [7, 11) is 0. The van der Waals surface area contributed by atoms with Crippen molar-refractivity contribution in [2.24, 2.45) is 5.92 Å². The van der Waals surface area contributed by atoms with E-state index in [1.165, 1.54) is 0 Å². The van der Waals surface area contributed by atoms with Crippen LogP contribution in [0.4, 0.5) is 0 Å². The molecule has 0 spiro atoms. The third kappa shape index (κ3) is 3.43. The van der Waals surface area contributed by atoms with Gasteiger partial charge < -0.3 is 9.64 Å². The van der Waals surface area contributed by atoms with Gasteiger partial charge in [-0.05, 0) is 44.7 Å². The van der Waals surface area contributed by atoms with Crippen molar-refractivity contribution in [3.05, 3.63) is 34.9 Å². The lowest BCUT2D eigenvalue weighted by Crippen LogP contribution is -2.43. The average Bonchev–Trinajstić information content (AvgIpc) is 2.47. The van der Waals surface area contributed by atoms with Crippen molar-refractivity contribution in [3.63, 3.8) is 0 Å². The van der Waals surface area contributed by atoms with Crippen LogP contribution in [-0.4, -0.2) is 36.5 Å². The second-order valence-corrected chi connectivity index (χ2v) is 5.61. The summed E-state index contributed by atoms with van der Waals surface area (Å²) in [6.07, 6.45) is 1.65. The zero-order valence-corrected chi connectivity index (χ0v) is 13.0. The number of hydrogen-bond donors (Lipinski definition) is 0. The molecule has 1 amide bonds. The molecule has 0 N–H and O–H groups in total. The zero-order chi connectivity index (χ0) is 15.4. The molecule has 0 radical (unpaired) electrons. The van der Waals surface area contributed by atoms with Gasteiger partial charge in [-0.1, -0.05) is 18.2 Å². The van der Waals surface area contributed by atoms with Crippen LogP contribution in [0.3, 0.4) is 0 Å². The Labute approximate surface area is 126 Å². The highest BCUT2D eigenvalue weighted by Gasteiger charge is 2.30. The van der Waals surface area contributed by atoms with Gasteiger partial charge in [0.05, 0.1) is 12.5 Å². The minimum atomic E-state index is -0.188. The number of rotatable bonds is 3. The number of nitrogens with zero attached hydrogens (tertiary/aromatic N) is 1. The van der Waals surface area contributed by atoms with Crippen LogP contribution in [0.15, 0.2) is 18.2 Å². The van der Waals surface area contributed by atoms with Gasteiger partial charge in [0.25, 0.3) is 5.91 Å². The number of carbonyl (C=O) groups excluding carboxylic acids is 2. The van der Waals surface area contributed by atoms with E-state index in [-0.39, 0.29) is 17.8 Å². The van der Waals surface area contributed by atoms with E-state index in [0.717, 1.165) is 29.5 Å². The lowest BCUT2D eigenvalue weighted by molar-refractivity contribution is -0.149. The first kappa shape index (κ1) is 15.5. The van der Waals surface area contributed by atoms with Crippen molar-refractivity contribution in [1.29, 1.82) is 0 Å². The molecule has 1 aromatic carbocycles. The molecule has 0 saturated carbocycles. The number of likely N-dealkylation sites (tertiary alicyclic amines) is 1. The standard InChI is InChI=1S/C17H23NO3/c1-4-21-17(20)14-9-6-10-18(11-14)16(19)15-12(2)7-5-8-13(15)3/h5,7-8,14H,4,6,9-11H2,1-3H3/t14-/m0/s1. The Hall–Kier alpha value is -1.84. The molecule has 1 aromatic rings. The van der Waals surface area contributed by atoms with Gasteiger partial charge in [0.2, 0.25) is 0 Å². The molecule has 1 saturated heterocycles. The van der Waals surface area contributed by atoms with E-state index in [1.807, 2.05) is 32.0 Å². The van der Waals surface area contributed by atoms with E-state index >= 15 is 0 Å². The number of hydrogen-bond acceptors (Lipinski definition) is 3. The van der Waals surface area contributed by atoms with Crippen LogP contribution >= 0.6 is 0 Å². The highest BCUT2D eigenvalue weighted by atomic mass is 16.5. The minimum absolute atomic E-state index is 0.0274. The highest BCUT2D eigenvalue weighted by molar-refractivity contribution is 5.97. The SMILES string of the molecule is CCOC(=O)[C@H]1CCCN(C(=O)c2c(C)cccc2C)C1. The summed E-state index contributed by atoms with van der Waals surface area (Å²) in [6.45, 7) is 7.27. The molecule has 114 valence electrons. The second kappa shape index (κ2) is 6.74. The van der Waals surface area contributed by atoms with Gasteiger partial charge in [-0.25, -0.2) is 0 Å². The number of carbonyl (C=O) groups is 2. The topological polar surface area (TPSA) is 46.6 Å². The molecular formula is C17H23NO3. The first-order chi connectivity index (χ1) is 10.0. The third-order valence-corrected chi connectivity index (χ3v) is 4.02. The van der Waals surface area contributed by atoms with Gasteiger partial charge in [0, 0.05) is 18.7 Å². The van der Waals surface area contributed by atoms with Gasteiger partial charge in [-0.2, -0.15) is 0 Å². The summed E-state index contributed by atoms with van der Waals surface area (Å²) < 4.78 is 5.09. The molecule has 2 rings (SSSR count). The van der Waals surface area contributed by atoms with E-state index in [4.69, 9.17) is 4.74 Å². The molecule has 1 aliphatic rings. The molecule has 1 atom stereocenters. The average molecular weight is 289 g/mol. The Morgan fingerprint density at radius 2 is 1.95 bits per heavy atom. The molecule has 0 aromatic heterocycles. The molecule has 4 heteroatoms. The Kier molecular flexibility index (Phi) is 4.99. The van der Waals surface area contributed by atoms with Crippen LogP contribution in [0.1, 0.15) is 41.3 Å². The first-order valence-corrected chi connectivity index (χ1v) is 7.56. The van der Waals surface area contributed by atoms with Gasteiger partial charge in [-0.3, -0.25) is 9.59 Å². The molecule has 1 aliphatic heterocycles. The second-order valence-electron chi connectivity index (χ2n) is 5.61. The quantitative estimate of drug-likeness (QED) is 0.804. The Balaban J connectivity index is 2.14. The molecule has 0 bridgehead atoms. The monoisotopic (exact) mass is 289 g/mol. The van der Waals surface area contributed by atoms with E-state index < -0.39 is 0 Å². The van der Waals surface area contributed by atoms with Crippen LogP contribution in [0.25, 0.3) is 0 Å². The Bertz CT molecular complexity index is 519. The molecular weight excluding hydrogens is 266 g/mol. The van der Waals surface area contributed by atoms with Crippen LogP contribution in [0, 0.1) is 19.8 Å². The summed E-state index contributed by atoms with van der Waals surface area (Å²) >= 11 is 0. The minimum Gasteiger partial charge on any atom is -0.466 e. The number of ether oxygens (including phenoxy) is 1. The molecule has 21 heavy (non-hydrogen) atoms. The molecule has 0 unspecified atom stereocenters. The van der Waals surface area contributed by atoms with E-state index in [2.05, 4.69) is 0 Å². The normalized spacial score (nSPS) is 18.4. The van der Waals surface area contributed by atoms with Crippen molar-refractivity contribution in [1.82, 2.24) is 4.90 Å². The summed E-state index contributed by atoms with van der Waals surface area (Å²) in [4.78, 5) is 26.4. The fourth-order valence-corrected chi connectivity index (χ4v) is 2.92. The summed E-state index contributed by atoms with van der Waals surface area (Å²) in [5.41, 5.74) is 2.73. The van der Waals surface area contributed by atoms with Crippen LogP contribution in [0.2, 0.25) is 0 Å². The van der Waals surface area contributed by atoms with E-state index in [1.54, 1.807) is 11.8 Å². The molecule has 4 nitrogen and oxygen atoms in total. The maximum atomic E-state index is 12.7. The van der Waals surface area contributed by atoms with Crippen LogP contribution < -0.4 is 0 Å². The first-order valence-electron chi connectivity index (χ1n) is 7.56. The fourth-order valence-electron chi connectivity index (χ4n) is 2.92. The van der Waals surface area contributed by atoms with E-state index in [0.29, 0.717) is 19.7 Å². The Morgan fingerprint density at radius 3 is 2.57 bits per heavy atom. The number of esters is 1. The summed E-state index contributed by atoms with van der Waals surface area (Å²) in [5, 5.41) is 0. The van der Waals surface area contributed by atoms with Crippen LogP contribution in [0.5, 0.6) is 0 Å². The molecule has 1 fully saturated rings. The van der Waals surface area contributed by atoms with Crippen molar-refractivity contribution in [2.45, 2.75) is 33.6 Å². The van der Waals surface area contributed by atoms with Gasteiger partial charge in [0.15, 0.2) is 0 Å². The van der Waals surface area contributed by atoms with Gasteiger partial charge in [-0.15, -0.1) is 0 Å². The van der Waals surface area contributed by atoms with Crippen LogP contribution in [-0.2, 0) is 9.53 Å². The number of amides is 1.